The molecule has 1 amide bonds. The van der Waals surface area contributed by atoms with Gasteiger partial charge in [0.15, 0.2) is 16.5 Å². The maximum absolute atomic E-state index is 13.2. The van der Waals surface area contributed by atoms with Crippen LogP contribution < -0.4 is 5.43 Å². The van der Waals surface area contributed by atoms with Crippen molar-refractivity contribution in [2.75, 3.05) is 13.7 Å². The molecule has 0 radical (unpaired) electrons. The number of hydrogen-bond donors (Lipinski definition) is 1. The minimum absolute atomic E-state index is 0.0339. The average Bonchev–Trinajstić information content (AvgIpc) is 3.23. The van der Waals surface area contributed by atoms with Gasteiger partial charge in [-0.05, 0) is 38.5 Å². The first kappa shape index (κ1) is 23.1. The number of amides is 1. The lowest BCUT2D eigenvalue weighted by Gasteiger charge is -2.44. The van der Waals surface area contributed by atoms with E-state index in [1.165, 1.54) is 23.5 Å². The van der Waals surface area contributed by atoms with Crippen molar-refractivity contribution in [2.45, 2.75) is 45.3 Å². The van der Waals surface area contributed by atoms with Crippen LogP contribution in [0.2, 0.25) is 0 Å². The summed E-state index contributed by atoms with van der Waals surface area (Å²) in [6.07, 6.45) is 2.01. The normalized spacial score (nSPS) is 18.1. The summed E-state index contributed by atoms with van der Waals surface area (Å²) in [6, 6.07) is 5.42. The second-order valence-electron chi connectivity index (χ2n) is 8.35. The number of carbonyl (C=O) groups is 1. The van der Waals surface area contributed by atoms with Crippen molar-refractivity contribution >= 4 is 17.2 Å². The summed E-state index contributed by atoms with van der Waals surface area (Å²) in [6.45, 7) is 6.00. The minimum atomic E-state index is -0.667. The summed E-state index contributed by atoms with van der Waals surface area (Å²) in [5.41, 5.74) is 0.334. The van der Waals surface area contributed by atoms with Gasteiger partial charge in [-0.3, -0.25) is 9.59 Å². The van der Waals surface area contributed by atoms with Gasteiger partial charge >= 0.3 is 0 Å². The fraction of sp³-hybridized carbons (Fsp3) is 0.391. The highest BCUT2D eigenvalue weighted by atomic mass is 32.1. The number of fused-ring (bicyclic) bond motifs is 1. The van der Waals surface area contributed by atoms with Gasteiger partial charge in [-0.25, -0.2) is 4.39 Å². The van der Waals surface area contributed by atoms with Crippen LogP contribution in [0, 0.1) is 5.82 Å². The molecule has 0 saturated heterocycles. The molecule has 1 aromatic carbocycles. The molecule has 2 aromatic heterocycles. The zero-order valence-corrected chi connectivity index (χ0v) is 19.6. The fourth-order valence-electron chi connectivity index (χ4n) is 4.21. The number of aromatic hydroxyl groups is 1. The molecule has 3 aromatic rings. The lowest BCUT2D eigenvalue weighted by molar-refractivity contribution is 0.0206. The van der Waals surface area contributed by atoms with E-state index >= 15 is 0 Å². The monoisotopic (exact) mass is 472 g/mol. The molecular weight excluding hydrogens is 447 g/mol. The molecule has 33 heavy (non-hydrogen) atoms. The van der Waals surface area contributed by atoms with Crippen molar-refractivity contribution in [2.24, 2.45) is 0 Å². The first-order valence-corrected chi connectivity index (χ1v) is 11.4. The van der Waals surface area contributed by atoms with Gasteiger partial charge in [0.25, 0.3) is 5.91 Å². The van der Waals surface area contributed by atoms with Crippen LogP contribution in [-0.2, 0) is 11.2 Å². The SMILES string of the molecule is COC[C@H]1[C@@H](C)n2cc(-c3nnc(Cc4ccc(F)cc4)s3)c(=O)c(O)c2C(=O)N1C(C)C. The Hall–Kier alpha value is -3.11. The van der Waals surface area contributed by atoms with Crippen molar-refractivity contribution in [1.29, 1.82) is 0 Å². The van der Waals surface area contributed by atoms with E-state index in [9.17, 15) is 19.1 Å². The molecule has 0 saturated carbocycles. The van der Waals surface area contributed by atoms with Gasteiger partial charge < -0.3 is 19.3 Å². The molecule has 1 aliphatic heterocycles. The number of nitrogens with zero attached hydrogens (tertiary/aromatic N) is 4. The first-order valence-electron chi connectivity index (χ1n) is 10.6. The highest BCUT2D eigenvalue weighted by Crippen LogP contribution is 2.34. The van der Waals surface area contributed by atoms with E-state index in [0.717, 1.165) is 5.56 Å². The van der Waals surface area contributed by atoms with E-state index in [4.69, 9.17) is 4.74 Å². The van der Waals surface area contributed by atoms with Crippen LogP contribution in [0.15, 0.2) is 35.3 Å². The summed E-state index contributed by atoms with van der Waals surface area (Å²) in [7, 11) is 1.57. The number of ether oxygens (including phenoxy) is 1. The Kier molecular flexibility index (Phi) is 6.31. The van der Waals surface area contributed by atoms with Crippen molar-refractivity contribution in [1.82, 2.24) is 19.7 Å². The summed E-state index contributed by atoms with van der Waals surface area (Å²) in [5.74, 6) is -1.33. The third-order valence-electron chi connectivity index (χ3n) is 5.86. The van der Waals surface area contributed by atoms with Crippen molar-refractivity contribution < 1.29 is 19.0 Å². The standard InChI is InChI=1S/C23H25FN4O4S/c1-12(2)28-17(11-32-4)13(3)27-10-16(20(29)21(30)19(27)23(28)31)22-26-25-18(33-22)9-14-5-7-15(24)8-6-14/h5-8,10,12-13,17,30H,9,11H2,1-4H3/t13-,17+/m1/s1. The Morgan fingerprint density at radius 3 is 2.55 bits per heavy atom. The average molecular weight is 473 g/mol. The number of pyridine rings is 1. The summed E-state index contributed by atoms with van der Waals surface area (Å²) < 4.78 is 20.1. The minimum Gasteiger partial charge on any atom is -0.503 e. The van der Waals surface area contributed by atoms with Gasteiger partial charge in [0.1, 0.15) is 10.8 Å². The topological polar surface area (TPSA) is 97.5 Å². The van der Waals surface area contributed by atoms with E-state index in [0.29, 0.717) is 23.0 Å². The number of aromatic nitrogens is 3. The van der Waals surface area contributed by atoms with Crippen molar-refractivity contribution in [3.63, 3.8) is 0 Å². The predicted molar refractivity (Wildman–Crippen MR) is 122 cm³/mol. The van der Waals surface area contributed by atoms with Crippen LogP contribution in [0.5, 0.6) is 5.75 Å². The van der Waals surface area contributed by atoms with Crippen molar-refractivity contribution in [3.8, 4) is 16.3 Å². The van der Waals surface area contributed by atoms with Gasteiger partial charge in [0, 0.05) is 25.8 Å². The number of halogens is 1. The molecule has 4 rings (SSSR count). The number of benzene rings is 1. The number of rotatable bonds is 6. The molecule has 0 spiro atoms. The van der Waals surface area contributed by atoms with Crippen LogP contribution in [0.25, 0.3) is 10.6 Å². The van der Waals surface area contributed by atoms with Gasteiger partial charge in [-0.2, -0.15) is 0 Å². The van der Waals surface area contributed by atoms with Crippen LogP contribution in [-0.4, -0.2) is 56.5 Å². The van der Waals surface area contributed by atoms with Gasteiger partial charge in [0.05, 0.1) is 24.3 Å². The van der Waals surface area contributed by atoms with Crippen LogP contribution in [0.4, 0.5) is 4.39 Å². The zero-order chi connectivity index (χ0) is 23.9. The van der Waals surface area contributed by atoms with E-state index in [-0.39, 0.29) is 35.2 Å². The van der Waals surface area contributed by atoms with E-state index in [2.05, 4.69) is 10.2 Å². The van der Waals surface area contributed by atoms with Crippen LogP contribution >= 0.6 is 11.3 Å². The molecule has 8 nitrogen and oxygen atoms in total. The highest BCUT2D eigenvalue weighted by Gasteiger charge is 2.41. The number of carbonyl (C=O) groups excluding carboxylic acids is 1. The maximum Gasteiger partial charge on any atom is 0.275 e. The number of methoxy groups -OCH3 is 1. The predicted octanol–water partition coefficient (Wildman–Crippen LogP) is 3.24. The largest absolute Gasteiger partial charge is 0.503 e. The lowest BCUT2D eigenvalue weighted by Crippen LogP contribution is -2.55. The molecule has 1 N–H and O–H groups in total. The zero-order valence-electron chi connectivity index (χ0n) is 18.8. The van der Waals surface area contributed by atoms with Gasteiger partial charge in [0.2, 0.25) is 5.43 Å². The molecule has 0 unspecified atom stereocenters. The molecule has 0 bridgehead atoms. The first-order chi connectivity index (χ1) is 15.7. The second-order valence-corrected chi connectivity index (χ2v) is 9.41. The molecule has 0 fully saturated rings. The van der Waals surface area contributed by atoms with Gasteiger partial charge in [-0.1, -0.05) is 23.5 Å². The molecule has 3 heterocycles. The molecule has 2 atom stereocenters. The van der Waals surface area contributed by atoms with E-state index in [1.807, 2.05) is 20.8 Å². The quantitative estimate of drug-likeness (QED) is 0.592. The van der Waals surface area contributed by atoms with Gasteiger partial charge in [-0.15, -0.1) is 10.2 Å². The Balaban J connectivity index is 1.75. The molecule has 10 heteroatoms. The Morgan fingerprint density at radius 2 is 1.91 bits per heavy atom. The summed E-state index contributed by atoms with van der Waals surface area (Å²) in [5, 5.41) is 20.1. The van der Waals surface area contributed by atoms with Crippen molar-refractivity contribution in [3.05, 3.63) is 62.8 Å². The van der Waals surface area contributed by atoms with Crippen LogP contribution in [0.1, 0.15) is 47.9 Å². The highest BCUT2D eigenvalue weighted by molar-refractivity contribution is 7.14. The van der Waals surface area contributed by atoms with E-state index < -0.39 is 17.1 Å². The third kappa shape index (κ3) is 4.16. The third-order valence-corrected chi connectivity index (χ3v) is 6.82. The fourth-order valence-corrected chi connectivity index (χ4v) is 5.09. The Bertz CT molecular complexity index is 1240. The second kappa shape index (κ2) is 9.03. The molecule has 0 aliphatic carbocycles. The summed E-state index contributed by atoms with van der Waals surface area (Å²) in [4.78, 5) is 27.9. The van der Waals surface area contributed by atoms with E-state index in [1.54, 1.807) is 34.9 Å². The van der Waals surface area contributed by atoms with Crippen LogP contribution in [0.3, 0.4) is 0 Å². The lowest BCUT2D eigenvalue weighted by atomic mass is 9.99. The maximum atomic E-state index is 13.2. The Morgan fingerprint density at radius 1 is 1.21 bits per heavy atom. The smallest absolute Gasteiger partial charge is 0.275 e. The summed E-state index contributed by atoms with van der Waals surface area (Å²) >= 11 is 1.22. The number of hydrogen-bond acceptors (Lipinski definition) is 7. The molecular formula is C23H25FN4O4S. The molecule has 1 aliphatic rings. The molecule has 174 valence electrons. The Labute approximate surface area is 194 Å².